The fourth-order valence-electron chi connectivity index (χ4n) is 3.52. The Kier molecular flexibility index (Phi) is 6.06. The molecule has 120 valence electrons. The van der Waals surface area contributed by atoms with Crippen LogP contribution in [0.15, 0.2) is 0 Å². The summed E-state index contributed by atoms with van der Waals surface area (Å²) < 4.78 is 6.38. The highest BCUT2D eigenvalue weighted by molar-refractivity contribution is 5.06. The second-order valence-corrected chi connectivity index (χ2v) is 7.54. The zero-order valence-corrected chi connectivity index (χ0v) is 14.9. The van der Waals surface area contributed by atoms with Crippen LogP contribution in [0.25, 0.3) is 0 Å². The van der Waals surface area contributed by atoms with Crippen LogP contribution in [0.4, 0.5) is 0 Å². The van der Waals surface area contributed by atoms with E-state index in [9.17, 15) is 0 Å². The molecule has 3 nitrogen and oxygen atoms in total. The third-order valence-electron chi connectivity index (χ3n) is 5.01. The minimum atomic E-state index is -0.0976. The molecule has 1 aliphatic rings. The molecule has 3 heteroatoms. The second kappa shape index (κ2) is 6.76. The van der Waals surface area contributed by atoms with E-state index < -0.39 is 0 Å². The van der Waals surface area contributed by atoms with Crippen molar-refractivity contribution in [3.05, 3.63) is 0 Å². The Morgan fingerprint density at radius 3 is 2.25 bits per heavy atom. The van der Waals surface area contributed by atoms with Crippen LogP contribution >= 0.6 is 0 Å². The molecule has 3 unspecified atom stereocenters. The molecule has 0 aromatic heterocycles. The minimum Gasteiger partial charge on any atom is -0.368 e. The van der Waals surface area contributed by atoms with Gasteiger partial charge in [-0.2, -0.15) is 0 Å². The first-order chi connectivity index (χ1) is 9.15. The quantitative estimate of drug-likeness (QED) is 0.776. The lowest BCUT2D eigenvalue weighted by Crippen LogP contribution is -2.51. The zero-order valence-electron chi connectivity index (χ0n) is 14.9. The topological polar surface area (TPSA) is 24.5 Å². The lowest BCUT2D eigenvalue weighted by molar-refractivity contribution is -0.0797. The number of nitrogens with one attached hydrogen (secondary N) is 1. The van der Waals surface area contributed by atoms with Crippen LogP contribution in [0.2, 0.25) is 0 Å². The average Bonchev–Trinajstić information content (AvgIpc) is 2.51. The van der Waals surface area contributed by atoms with Crippen molar-refractivity contribution < 1.29 is 4.74 Å². The third-order valence-corrected chi connectivity index (χ3v) is 5.01. The summed E-state index contributed by atoms with van der Waals surface area (Å²) >= 11 is 0. The zero-order chi connectivity index (χ0) is 15.6. The summed E-state index contributed by atoms with van der Waals surface area (Å²) in [6, 6.07) is 1.05. The van der Waals surface area contributed by atoms with E-state index in [0.29, 0.717) is 18.0 Å². The number of hydrogen-bond donors (Lipinski definition) is 1. The number of rotatable bonds is 7. The van der Waals surface area contributed by atoms with Gasteiger partial charge in [-0.25, -0.2) is 0 Å². The molecule has 0 aromatic carbocycles. The molecular formula is C17H36N2O. The maximum Gasteiger partial charge on any atom is 0.0790 e. The molecule has 0 radical (unpaired) electrons. The van der Waals surface area contributed by atoms with Crippen LogP contribution in [0.1, 0.15) is 61.3 Å². The molecule has 1 saturated heterocycles. The maximum absolute atomic E-state index is 6.38. The summed E-state index contributed by atoms with van der Waals surface area (Å²) in [5.41, 5.74) is -0.170. The van der Waals surface area contributed by atoms with E-state index in [-0.39, 0.29) is 11.2 Å². The van der Waals surface area contributed by atoms with Gasteiger partial charge in [-0.3, -0.25) is 0 Å². The molecule has 1 fully saturated rings. The van der Waals surface area contributed by atoms with Gasteiger partial charge in [-0.05, 0) is 61.1 Å². The van der Waals surface area contributed by atoms with Gasteiger partial charge in [0.25, 0.3) is 0 Å². The predicted molar refractivity (Wildman–Crippen MR) is 87.2 cm³/mol. The van der Waals surface area contributed by atoms with Crippen molar-refractivity contribution in [1.29, 1.82) is 0 Å². The normalized spacial score (nSPS) is 29.9. The summed E-state index contributed by atoms with van der Waals surface area (Å²) in [4.78, 5) is 2.48. The Bertz CT molecular complexity index is 301. The van der Waals surface area contributed by atoms with E-state index in [1.165, 1.54) is 12.8 Å². The van der Waals surface area contributed by atoms with Crippen molar-refractivity contribution in [3.8, 4) is 0 Å². The molecule has 0 aromatic rings. The number of ether oxygens (including phenoxy) is 1. The van der Waals surface area contributed by atoms with E-state index in [0.717, 1.165) is 13.1 Å². The molecule has 20 heavy (non-hydrogen) atoms. The van der Waals surface area contributed by atoms with Gasteiger partial charge in [-0.15, -0.1) is 0 Å². The smallest absolute Gasteiger partial charge is 0.0790 e. The Hall–Kier alpha value is -0.120. The Morgan fingerprint density at radius 1 is 1.15 bits per heavy atom. The monoisotopic (exact) mass is 284 g/mol. The van der Waals surface area contributed by atoms with E-state index in [4.69, 9.17) is 4.74 Å². The fourth-order valence-corrected chi connectivity index (χ4v) is 3.52. The van der Waals surface area contributed by atoms with Crippen LogP contribution in [0, 0.1) is 5.92 Å². The van der Waals surface area contributed by atoms with Crippen molar-refractivity contribution in [2.45, 2.75) is 84.6 Å². The number of hydrogen-bond acceptors (Lipinski definition) is 3. The average molecular weight is 284 g/mol. The molecule has 1 aliphatic heterocycles. The van der Waals surface area contributed by atoms with Crippen LogP contribution in [-0.4, -0.2) is 48.3 Å². The highest BCUT2D eigenvalue weighted by Crippen LogP contribution is 2.42. The van der Waals surface area contributed by atoms with Crippen molar-refractivity contribution in [3.63, 3.8) is 0 Å². The Balaban J connectivity index is 2.86. The van der Waals surface area contributed by atoms with E-state index >= 15 is 0 Å². The first-order valence-electron chi connectivity index (χ1n) is 8.29. The summed E-state index contributed by atoms with van der Waals surface area (Å²) in [5, 5.41) is 3.74. The molecular weight excluding hydrogens is 248 g/mol. The van der Waals surface area contributed by atoms with Crippen LogP contribution in [0.5, 0.6) is 0 Å². The number of nitrogens with zero attached hydrogens (tertiary/aromatic N) is 1. The van der Waals surface area contributed by atoms with Gasteiger partial charge < -0.3 is 15.0 Å². The summed E-state index contributed by atoms with van der Waals surface area (Å²) in [6.45, 7) is 17.9. The third kappa shape index (κ3) is 3.96. The lowest BCUT2D eigenvalue weighted by atomic mass is 9.82. The molecule has 0 amide bonds. The van der Waals surface area contributed by atoms with Gasteiger partial charge >= 0.3 is 0 Å². The van der Waals surface area contributed by atoms with Crippen molar-refractivity contribution in [2.24, 2.45) is 5.92 Å². The largest absolute Gasteiger partial charge is 0.368 e. The molecule has 0 saturated carbocycles. The van der Waals surface area contributed by atoms with Crippen LogP contribution < -0.4 is 5.32 Å². The van der Waals surface area contributed by atoms with E-state index in [1.54, 1.807) is 0 Å². The first kappa shape index (κ1) is 17.9. The van der Waals surface area contributed by atoms with Crippen LogP contribution in [0.3, 0.4) is 0 Å². The van der Waals surface area contributed by atoms with Gasteiger partial charge in [0.2, 0.25) is 0 Å². The van der Waals surface area contributed by atoms with Gasteiger partial charge in [0.05, 0.1) is 11.2 Å². The maximum atomic E-state index is 6.38. The van der Waals surface area contributed by atoms with E-state index in [1.807, 2.05) is 0 Å². The molecule has 3 atom stereocenters. The summed E-state index contributed by atoms with van der Waals surface area (Å²) in [7, 11) is 2.24. The highest BCUT2D eigenvalue weighted by atomic mass is 16.5. The summed E-state index contributed by atoms with van der Waals surface area (Å²) in [5.74, 6) is 0.517. The SMILES string of the molecule is CCCNC1C(CN(C)C(C)CC)C(C)(C)OC1(C)C. The lowest BCUT2D eigenvalue weighted by Gasteiger charge is -2.35. The summed E-state index contributed by atoms with van der Waals surface area (Å²) in [6.07, 6.45) is 2.36. The molecule has 1 rings (SSSR count). The van der Waals surface area contributed by atoms with Crippen molar-refractivity contribution in [1.82, 2.24) is 10.2 Å². The second-order valence-electron chi connectivity index (χ2n) is 7.54. The fraction of sp³-hybridized carbons (Fsp3) is 1.00. The van der Waals surface area contributed by atoms with Gasteiger partial charge in [0.1, 0.15) is 0 Å². The highest BCUT2D eigenvalue weighted by Gasteiger charge is 2.53. The molecule has 0 spiro atoms. The minimum absolute atomic E-state index is 0.0728. The van der Waals surface area contributed by atoms with Crippen molar-refractivity contribution >= 4 is 0 Å². The Labute approximate surface area is 126 Å². The first-order valence-corrected chi connectivity index (χ1v) is 8.29. The molecule has 1 N–H and O–H groups in total. The predicted octanol–water partition coefficient (Wildman–Crippen LogP) is 3.29. The Morgan fingerprint density at radius 2 is 1.75 bits per heavy atom. The van der Waals surface area contributed by atoms with Gasteiger partial charge in [-0.1, -0.05) is 13.8 Å². The van der Waals surface area contributed by atoms with E-state index in [2.05, 4.69) is 65.7 Å². The molecule has 0 bridgehead atoms. The molecule has 1 heterocycles. The van der Waals surface area contributed by atoms with Crippen molar-refractivity contribution in [2.75, 3.05) is 20.1 Å². The standard InChI is InChI=1S/C17H36N2O/c1-9-11-18-15-14(12-19(8)13(3)10-2)16(4,5)20-17(15,6)7/h13-15,18H,9-12H2,1-8H3. The van der Waals surface area contributed by atoms with Crippen LogP contribution in [-0.2, 0) is 4.74 Å². The molecule has 0 aliphatic carbocycles. The van der Waals surface area contributed by atoms with Gasteiger partial charge in [0, 0.05) is 24.5 Å². The van der Waals surface area contributed by atoms with Gasteiger partial charge in [0.15, 0.2) is 0 Å².